The van der Waals surface area contributed by atoms with Gasteiger partial charge in [-0.1, -0.05) is 58.0 Å². The van der Waals surface area contributed by atoms with Crippen LogP contribution in [0.3, 0.4) is 0 Å². The first-order chi connectivity index (χ1) is 12.1. The fourth-order valence-corrected chi connectivity index (χ4v) is 3.78. The first kappa shape index (κ1) is 18.4. The van der Waals surface area contributed by atoms with Crippen LogP contribution < -0.4 is 0 Å². The number of hydrogen-bond acceptors (Lipinski definition) is 2. The van der Waals surface area contributed by atoms with Gasteiger partial charge in [-0.05, 0) is 64.5 Å². The van der Waals surface area contributed by atoms with Crippen molar-refractivity contribution in [2.24, 2.45) is 0 Å². The molecule has 26 heavy (non-hydrogen) atoms. The molecule has 0 radical (unpaired) electrons. The zero-order chi connectivity index (χ0) is 19.1. The van der Waals surface area contributed by atoms with Gasteiger partial charge in [0.25, 0.3) is 0 Å². The molecular weight excluding hydrogens is 322 g/mol. The summed E-state index contributed by atoms with van der Waals surface area (Å²) in [6.07, 6.45) is 6.18. The predicted molar refractivity (Wildman–Crippen MR) is 106 cm³/mol. The molecule has 1 N–H and O–H groups in total. The molecule has 0 amide bonds. The number of aromatic carboxylic acids is 1. The molecule has 0 aliphatic heterocycles. The van der Waals surface area contributed by atoms with Crippen molar-refractivity contribution >= 4 is 17.6 Å². The van der Waals surface area contributed by atoms with E-state index in [0.717, 1.165) is 11.1 Å². The van der Waals surface area contributed by atoms with Crippen LogP contribution in [0.25, 0.3) is 11.6 Å². The molecule has 2 aromatic rings. The Kier molecular flexibility index (Phi) is 4.51. The number of carboxylic acid groups (broad SMARTS) is 1. The zero-order valence-electron chi connectivity index (χ0n) is 16.3. The van der Waals surface area contributed by atoms with Gasteiger partial charge in [-0.3, -0.25) is 0 Å². The lowest BCUT2D eigenvalue weighted by Gasteiger charge is -2.42. The number of fused-ring (bicyclic) bond motifs is 1. The van der Waals surface area contributed by atoms with Gasteiger partial charge in [-0.2, -0.15) is 0 Å². The molecule has 1 aliphatic rings. The van der Waals surface area contributed by atoms with Crippen molar-refractivity contribution in [2.75, 3.05) is 0 Å². The van der Waals surface area contributed by atoms with Gasteiger partial charge < -0.3 is 5.11 Å². The third-order valence-electron chi connectivity index (χ3n) is 5.70. The van der Waals surface area contributed by atoms with Gasteiger partial charge in [0, 0.05) is 6.20 Å². The second-order valence-corrected chi connectivity index (χ2v) is 8.64. The number of nitrogens with zero attached hydrogens (tertiary/aromatic N) is 1. The van der Waals surface area contributed by atoms with E-state index in [1.807, 2.05) is 13.0 Å². The van der Waals surface area contributed by atoms with Gasteiger partial charge in [0.05, 0.1) is 0 Å². The molecule has 136 valence electrons. The van der Waals surface area contributed by atoms with Crippen molar-refractivity contribution in [2.45, 2.75) is 58.3 Å². The molecule has 0 saturated heterocycles. The summed E-state index contributed by atoms with van der Waals surface area (Å²) in [4.78, 5) is 15.0. The van der Waals surface area contributed by atoms with E-state index in [4.69, 9.17) is 5.11 Å². The van der Waals surface area contributed by atoms with E-state index in [-0.39, 0.29) is 16.5 Å². The lowest BCUT2D eigenvalue weighted by atomic mass is 9.63. The highest BCUT2D eigenvalue weighted by Crippen LogP contribution is 2.46. The number of hydrogen-bond donors (Lipinski definition) is 1. The minimum Gasteiger partial charge on any atom is -0.477 e. The van der Waals surface area contributed by atoms with Gasteiger partial charge in [0.15, 0.2) is 0 Å². The van der Waals surface area contributed by atoms with Crippen LogP contribution in [0.15, 0.2) is 36.5 Å². The molecule has 1 aromatic carbocycles. The maximum atomic E-state index is 10.9. The van der Waals surface area contributed by atoms with Crippen LogP contribution in [-0.4, -0.2) is 16.1 Å². The second kappa shape index (κ2) is 6.39. The van der Waals surface area contributed by atoms with Crippen LogP contribution in [0.2, 0.25) is 0 Å². The molecule has 3 heteroatoms. The van der Waals surface area contributed by atoms with E-state index >= 15 is 0 Å². The minimum absolute atomic E-state index is 0.0688. The van der Waals surface area contributed by atoms with Crippen molar-refractivity contribution in [1.29, 1.82) is 0 Å². The first-order valence-electron chi connectivity index (χ1n) is 9.13. The highest BCUT2D eigenvalue weighted by Gasteiger charge is 2.36. The number of rotatable bonds is 3. The van der Waals surface area contributed by atoms with Crippen molar-refractivity contribution in [1.82, 2.24) is 4.98 Å². The smallest absolute Gasteiger partial charge is 0.354 e. The van der Waals surface area contributed by atoms with E-state index in [9.17, 15) is 4.79 Å². The zero-order valence-corrected chi connectivity index (χ0v) is 16.3. The highest BCUT2D eigenvalue weighted by atomic mass is 16.4. The fourth-order valence-electron chi connectivity index (χ4n) is 3.78. The third-order valence-corrected chi connectivity index (χ3v) is 5.70. The summed E-state index contributed by atoms with van der Waals surface area (Å²) in [7, 11) is 0. The first-order valence-corrected chi connectivity index (χ1v) is 9.13. The Morgan fingerprint density at radius 3 is 2.27 bits per heavy atom. The van der Waals surface area contributed by atoms with Gasteiger partial charge in [0.2, 0.25) is 0 Å². The van der Waals surface area contributed by atoms with Crippen LogP contribution in [0.1, 0.15) is 80.2 Å². The van der Waals surface area contributed by atoms with Crippen LogP contribution >= 0.6 is 0 Å². The predicted octanol–water partition coefficient (Wildman–Crippen LogP) is 5.69. The van der Waals surface area contributed by atoms with Gasteiger partial charge in [0.1, 0.15) is 5.69 Å². The molecule has 0 bridgehead atoms. The van der Waals surface area contributed by atoms with E-state index in [1.165, 1.54) is 29.5 Å². The van der Waals surface area contributed by atoms with Crippen molar-refractivity contribution in [3.05, 3.63) is 64.5 Å². The van der Waals surface area contributed by atoms with Crippen LogP contribution in [-0.2, 0) is 10.8 Å². The Morgan fingerprint density at radius 1 is 1.04 bits per heavy atom. The largest absolute Gasteiger partial charge is 0.477 e. The Balaban J connectivity index is 1.97. The molecule has 1 aromatic heterocycles. The van der Waals surface area contributed by atoms with Crippen LogP contribution in [0.4, 0.5) is 0 Å². The molecule has 1 heterocycles. The normalized spacial score (nSPS) is 18.3. The average Bonchev–Trinajstić information content (AvgIpc) is 2.59. The van der Waals surface area contributed by atoms with Gasteiger partial charge >= 0.3 is 5.97 Å². The molecule has 0 saturated carbocycles. The molecule has 0 atom stereocenters. The molecule has 3 rings (SSSR count). The van der Waals surface area contributed by atoms with Crippen molar-refractivity contribution < 1.29 is 9.90 Å². The maximum absolute atomic E-state index is 10.9. The molecule has 0 fully saturated rings. The van der Waals surface area contributed by atoms with E-state index in [0.29, 0.717) is 0 Å². The summed E-state index contributed by atoms with van der Waals surface area (Å²) in [5.41, 5.74) is 6.56. The monoisotopic (exact) mass is 349 g/mol. The lowest BCUT2D eigenvalue weighted by Crippen LogP contribution is -2.33. The number of allylic oxidation sites excluding steroid dienone is 1. The lowest BCUT2D eigenvalue weighted by molar-refractivity contribution is 0.0690. The number of pyridine rings is 1. The minimum atomic E-state index is -1.00. The summed E-state index contributed by atoms with van der Waals surface area (Å²) in [5.74, 6) is -1.00. The summed E-state index contributed by atoms with van der Waals surface area (Å²) in [6.45, 7) is 11.4. The molecule has 1 aliphatic carbocycles. The summed E-state index contributed by atoms with van der Waals surface area (Å²) < 4.78 is 0. The molecule has 0 spiro atoms. The highest BCUT2D eigenvalue weighted by molar-refractivity contribution is 5.86. The number of benzene rings is 1. The molecule has 3 nitrogen and oxygen atoms in total. The Hall–Kier alpha value is -2.42. The quantitative estimate of drug-likeness (QED) is 0.774. The molecular formula is C23H27NO2. The SMILES string of the molecule is C/C(=C\c1ccc2c(c1)C(C)(C)CCC2(C)C)c1ccc(C(=O)O)nc1. The fraction of sp³-hybridized carbons (Fsp3) is 0.391. The average molecular weight is 349 g/mol. The topological polar surface area (TPSA) is 50.2 Å². The second-order valence-electron chi connectivity index (χ2n) is 8.64. The van der Waals surface area contributed by atoms with E-state index in [1.54, 1.807) is 12.3 Å². The van der Waals surface area contributed by atoms with Gasteiger partial charge in [-0.25, -0.2) is 9.78 Å². The Morgan fingerprint density at radius 2 is 1.69 bits per heavy atom. The van der Waals surface area contributed by atoms with E-state index < -0.39 is 5.97 Å². The van der Waals surface area contributed by atoms with Crippen LogP contribution in [0.5, 0.6) is 0 Å². The number of carbonyl (C=O) groups is 1. The van der Waals surface area contributed by atoms with Crippen molar-refractivity contribution in [3.63, 3.8) is 0 Å². The van der Waals surface area contributed by atoms with E-state index in [2.05, 4.69) is 57.0 Å². The summed E-state index contributed by atoms with van der Waals surface area (Å²) >= 11 is 0. The Labute approximate surface area is 155 Å². The maximum Gasteiger partial charge on any atom is 0.354 e. The number of carboxylic acids is 1. The standard InChI is InChI=1S/C23H27NO2/c1-15(17-7-9-20(21(25)26)24-14-17)12-16-6-8-18-19(13-16)23(4,5)11-10-22(18,2)3/h6-9,12-14H,10-11H2,1-5H3,(H,25,26)/b15-12+. The van der Waals surface area contributed by atoms with Crippen molar-refractivity contribution in [3.8, 4) is 0 Å². The van der Waals surface area contributed by atoms with Crippen LogP contribution in [0, 0.1) is 0 Å². The number of aromatic nitrogens is 1. The third kappa shape index (κ3) is 3.44. The summed E-state index contributed by atoms with van der Waals surface area (Å²) in [6, 6.07) is 10.1. The van der Waals surface area contributed by atoms with Gasteiger partial charge in [-0.15, -0.1) is 0 Å². The Bertz CT molecular complexity index is 874. The molecule has 0 unspecified atom stereocenters. The summed E-state index contributed by atoms with van der Waals surface area (Å²) in [5, 5.41) is 8.98.